The van der Waals surface area contributed by atoms with E-state index in [0.29, 0.717) is 11.5 Å². The van der Waals surface area contributed by atoms with Gasteiger partial charge in [0.2, 0.25) is 5.78 Å². The van der Waals surface area contributed by atoms with Gasteiger partial charge < -0.3 is 18.8 Å². The van der Waals surface area contributed by atoms with Crippen molar-refractivity contribution in [3.05, 3.63) is 59.1 Å². The molecule has 0 spiro atoms. The first-order valence-corrected chi connectivity index (χ1v) is 8.48. The molecule has 0 saturated heterocycles. The van der Waals surface area contributed by atoms with Crippen LogP contribution in [0.15, 0.2) is 50.7 Å². The molecular formula is C19H19NO5. The highest BCUT2D eigenvalue weighted by molar-refractivity contribution is 6.14. The van der Waals surface area contributed by atoms with Crippen LogP contribution in [0.2, 0.25) is 0 Å². The Kier molecular flexibility index (Phi) is 3.75. The molecule has 1 unspecified atom stereocenters. The number of Topliss-reactive ketones (excluding diaryl/α,β-unsaturated/α-hetero) is 1. The predicted molar refractivity (Wildman–Crippen MR) is 88.0 cm³/mol. The summed E-state index contributed by atoms with van der Waals surface area (Å²) in [6.07, 6.45) is 5.17. The van der Waals surface area contributed by atoms with Crippen LogP contribution < -0.4 is 0 Å². The van der Waals surface area contributed by atoms with Crippen LogP contribution in [-0.4, -0.2) is 27.7 Å². The van der Waals surface area contributed by atoms with Crippen molar-refractivity contribution in [2.45, 2.75) is 44.7 Å². The van der Waals surface area contributed by atoms with Gasteiger partial charge in [-0.3, -0.25) is 9.59 Å². The zero-order valence-electron chi connectivity index (χ0n) is 13.9. The minimum atomic E-state index is -0.720. The van der Waals surface area contributed by atoms with Gasteiger partial charge in [0.25, 0.3) is 5.91 Å². The number of nitrogens with zero attached hydrogens (tertiary/aromatic N) is 1. The van der Waals surface area contributed by atoms with E-state index >= 15 is 0 Å². The molecule has 25 heavy (non-hydrogen) atoms. The number of aryl methyl sites for hydroxylation is 1. The van der Waals surface area contributed by atoms with Crippen molar-refractivity contribution in [1.82, 2.24) is 4.90 Å². The number of furan rings is 2. The maximum atomic E-state index is 12.9. The fraction of sp³-hybridized carbons (Fsp3) is 0.368. The van der Waals surface area contributed by atoms with Crippen LogP contribution >= 0.6 is 0 Å². The number of amides is 1. The summed E-state index contributed by atoms with van der Waals surface area (Å²) < 4.78 is 10.9. The zero-order valence-corrected chi connectivity index (χ0v) is 13.9. The predicted octanol–water partition coefficient (Wildman–Crippen LogP) is 3.70. The molecule has 6 heteroatoms. The van der Waals surface area contributed by atoms with E-state index < -0.39 is 23.5 Å². The average molecular weight is 341 g/mol. The Hall–Kier alpha value is -2.76. The summed E-state index contributed by atoms with van der Waals surface area (Å²) in [5, 5.41) is 10.5. The van der Waals surface area contributed by atoms with Crippen molar-refractivity contribution in [1.29, 1.82) is 0 Å². The van der Waals surface area contributed by atoms with E-state index in [2.05, 4.69) is 0 Å². The number of hydrogen-bond donors (Lipinski definition) is 1. The third kappa shape index (κ3) is 2.49. The zero-order chi connectivity index (χ0) is 17.6. The lowest BCUT2D eigenvalue weighted by atomic mass is 9.98. The fourth-order valence-corrected chi connectivity index (χ4v) is 3.83. The number of carbonyl (C=O) groups excluding carboxylic acids is 2. The third-order valence-electron chi connectivity index (χ3n) is 4.98. The summed E-state index contributed by atoms with van der Waals surface area (Å²) >= 11 is 0. The molecule has 1 amide bonds. The van der Waals surface area contributed by atoms with Crippen LogP contribution in [0, 0.1) is 6.92 Å². The Morgan fingerprint density at radius 1 is 1.24 bits per heavy atom. The van der Waals surface area contributed by atoms with Gasteiger partial charge >= 0.3 is 0 Å². The van der Waals surface area contributed by atoms with Crippen LogP contribution in [0.5, 0.6) is 0 Å². The Morgan fingerprint density at radius 2 is 2.00 bits per heavy atom. The molecule has 1 N–H and O–H groups in total. The van der Waals surface area contributed by atoms with E-state index in [1.54, 1.807) is 30.0 Å². The van der Waals surface area contributed by atoms with Crippen molar-refractivity contribution < 1.29 is 23.5 Å². The van der Waals surface area contributed by atoms with Crippen molar-refractivity contribution in [2.75, 3.05) is 0 Å². The highest BCUT2D eigenvalue weighted by Crippen LogP contribution is 2.43. The number of hydrogen-bond acceptors (Lipinski definition) is 5. The van der Waals surface area contributed by atoms with Crippen molar-refractivity contribution in [3.63, 3.8) is 0 Å². The standard InChI is InChI=1S/C19H19NO5/c1-11-8-9-13(25-11)16-15(17(21)14-7-4-10-24-14)18(22)19(23)20(16)12-5-2-3-6-12/h4,7-10,12,16,22H,2-3,5-6H2,1H3. The summed E-state index contributed by atoms with van der Waals surface area (Å²) in [5.41, 5.74) is 0.0289. The number of carbonyl (C=O) groups is 2. The van der Waals surface area contributed by atoms with Crippen LogP contribution in [-0.2, 0) is 4.79 Å². The van der Waals surface area contributed by atoms with Crippen LogP contribution in [0.25, 0.3) is 0 Å². The van der Waals surface area contributed by atoms with Crippen LogP contribution in [0.4, 0.5) is 0 Å². The second-order valence-corrected chi connectivity index (χ2v) is 6.57. The van der Waals surface area contributed by atoms with Crippen molar-refractivity contribution in [3.8, 4) is 0 Å². The van der Waals surface area contributed by atoms with Crippen LogP contribution in [0.1, 0.15) is 53.8 Å². The molecule has 1 aliphatic heterocycles. The highest BCUT2D eigenvalue weighted by atomic mass is 16.3. The lowest BCUT2D eigenvalue weighted by molar-refractivity contribution is -0.132. The van der Waals surface area contributed by atoms with E-state index in [4.69, 9.17) is 8.83 Å². The van der Waals surface area contributed by atoms with Crippen molar-refractivity contribution in [2.24, 2.45) is 0 Å². The van der Waals surface area contributed by atoms with Crippen LogP contribution in [0.3, 0.4) is 0 Å². The van der Waals surface area contributed by atoms with E-state index in [9.17, 15) is 14.7 Å². The Bertz CT molecular complexity index is 839. The molecular weight excluding hydrogens is 322 g/mol. The smallest absolute Gasteiger partial charge is 0.290 e. The lowest BCUT2D eigenvalue weighted by Gasteiger charge is -2.30. The Balaban J connectivity index is 1.81. The minimum absolute atomic E-state index is 0.00745. The van der Waals surface area contributed by atoms with Gasteiger partial charge in [0, 0.05) is 6.04 Å². The number of rotatable bonds is 4. The van der Waals surface area contributed by atoms with Gasteiger partial charge in [-0.1, -0.05) is 12.8 Å². The molecule has 1 saturated carbocycles. The van der Waals surface area contributed by atoms with Gasteiger partial charge in [-0.2, -0.15) is 0 Å². The molecule has 2 aromatic heterocycles. The number of ketones is 1. The quantitative estimate of drug-likeness (QED) is 0.857. The fourth-order valence-electron chi connectivity index (χ4n) is 3.83. The molecule has 1 fully saturated rings. The van der Waals surface area contributed by atoms with Gasteiger partial charge in [-0.15, -0.1) is 0 Å². The first-order valence-electron chi connectivity index (χ1n) is 8.48. The summed E-state index contributed by atoms with van der Waals surface area (Å²) in [7, 11) is 0. The highest BCUT2D eigenvalue weighted by Gasteiger charge is 2.48. The van der Waals surface area contributed by atoms with Crippen molar-refractivity contribution >= 4 is 11.7 Å². The average Bonchev–Trinajstić information content (AvgIpc) is 3.36. The third-order valence-corrected chi connectivity index (χ3v) is 4.98. The van der Waals surface area contributed by atoms with E-state index in [0.717, 1.165) is 25.7 Å². The lowest BCUT2D eigenvalue weighted by Crippen LogP contribution is -2.38. The molecule has 2 aromatic rings. The maximum absolute atomic E-state index is 12.9. The maximum Gasteiger partial charge on any atom is 0.290 e. The molecule has 0 bridgehead atoms. The molecule has 1 aliphatic carbocycles. The van der Waals surface area contributed by atoms with Gasteiger partial charge in [-0.05, 0) is 44.0 Å². The number of aliphatic hydroxyl groups excluding tert-OH is 1. The van der Waals surface area contributed by atoms with E-state index in [1.165, 1.54) is 12.3 Å². The molecule has 130 valence electrons. The van der Waals surface area contributed by atoms with E-state index in [-0.39, 0.29) is 17.4 Å². The molecule has 0 radical (unpaired) electrons. The monoisotopic (exact) mass is 341 g/mol. The molecule has 3 heterocycles. The first-order chi connectivity index (χ1) is 12.1. The first kappa shape index (κ1) is 15.7. The largest absolute Gasteiger partial charge is 0.503 e. The van der Waals surface area contributed by atoms with E-state index in [1.807, 2.05) is 0 Å². The SMILES string of the molecule is Cc1ccc(C2C(C(=O)c3ccco3)=C(O)C(=O)N2C2CCCC2)o1. The molecule has 6 nitrogen and oxygen atoms in total. The second kappa shape index (κ2) is 5.95. The molecule has 2 aliphatic rings. The molecule has 1 atom stereocenters. The summed E-state index contributed by atoms with van der Waals surface area (Å²) in [6.45, 7) is 1.80. The molecule has 0 aromatic carbocycles. The second-order valence-electron chi connectivity index (χ2n) is 6.57. The Labute approximate surface area is 144 Å². The van der Waals surface area contributed by atoms with Gasteiger partial charge in [0.15, 0.2) is 11.5 Å². The topological polar surface area (TPSA) is 83.9 Å². The van der Waals surface area contributed by atoms with Gasteiger partial charge in [-0.25, -0.2) is 0 Å². The summed E-state index contributed by atoms with van der Waals surface area (Å²) in [5.74, 6) is -0.249. The van der Waals surface area contributed by atoms with Gasteiger partial charge in [0.1, 0.15) is 17.6 Å². The normalized spacial score (nSPS) is 21.6. The van der Waals surface area contributed by atoms with Gasteiger partial charge in [0.05, 0.1) is 11.8 Å². The Morgan fingerprint density at radius 3 is 2.60 bits per heavy atom. The molecule has 4 rings (SSSR count). The number of aliphatic hydroxyl groups is 1. The minimum Gasteiger partial charge on any atom is -0.503 e. The summed E-state index contributed by atoms with van der Waals surface area (Å²) in [4.78, 5) is 27.3. The summed E-state index contributed by atoms with van der Waals surface area (Å²) in [6, 6.07) is 5.94.